The first-order valence-corrected chi connectivity index (χ1v) is 8.83. The van der Waals surface area contributed by atoms with Gasteiger partial charge in [0.1, 0.15) is 0 Å². The molecule has 0 aliphatic carbocycles. The second kappa shape index (κ2) is 7.84. The maximum absolute atomic E-state index is 4.50. The Morgan fingerprint density at radius 1 is 1.12 bits per heavy atom. The summed E-state index contributed by atoms with van der Waals surface area (Å²) < 4.78 is 0. The number of aromatic nitrogens is 3. The number of anilines is 2. The van der Waals surface area contributed by atoms with Gasteiger partial charge in [-0.1, -0.05) is 71.9 Å². The van der Waals surface area contributed by atoms with Crippen molar-refractivity contribution in [2.45, 2.75) is 19.0 Å². The predicted molar refractivity (Wildman–Crippen MR) is 102 cm³/mol. The Balaban J connectivity index is 1.77. The molecule has 1 heterocycles. The van der Waals surface area contributed by atoms with Crippen molar-refractivity contribution in [1.82, 2.24) is 15.2 Å². The van der Waals surface area contributed by atoms with Gasteiger partial charge in [-0.3, -0.25) is 0 Å². The minimum absolute atomic E-state index is 0.652. The molecule has 4 nitrogen and oxygen atoms in total. The fourth-order valence-corrected chi connectivity index (χ4v) is 3.01. The van der Waals surface area contributed by atoms with Crippen molar-refractivity contribution in [2.24, 2.45) is 0 Å². The molecule has 0 fully saturated rings. The highest BCUT2D eigenvalue weighted by molar-refractivity contribution is 7.99. The zero-order chi connectivity index (χ0) is 16.8. The van der Waals surface area contributed by atoms with E-state index in [0.29, 0.717) is 5.95 Å². The lowest BCUT2D eigenvalue weighted by atomic mass is 10.0. The molecule has 0 aliphatic rings. The van der Waals surface area contributed by atoms with Crippen LogP contribution in [0, 0.1) is 0 Å². The first kappa shape index (κ1) is 16.3. The second-order valence-corrected chi connectivity index (χ2v) is 6.37. The number of benzene rings is 2. The molecule has 0 unspecified atom stereocenters. The summed E-state index contributed by atoms with van der Waals surface area (Å²) in [6.07, 6.45) is 2.11. The Hall–Kier alpha value is -2.53. The van der Waals surface area contributed by atoms with Crippen LogP contribution in [0.15, 0.2) is 71.4 Å². The summed E-state index contributed by atoms with van der Waals surface area (Å²) in [6, 6.07) is 18.5. The molecule has 0 spiro atoms. The SMILES string of the molecule is C/C=C(\C)CSc1n[nH]c(Nc2ccccc2-c2ccccc2)n1. The van der Waals surface area contributed by atoms with Crippen LogP contribution in [-0.4, -0.2) is 20.9 Å². The molecule has 0 aliphatic heterocycles. The minimum atomic E-state index is 0.652. The summed E-state index contributed by atoms with van der Waals surface area (Å²) in [6.45, 7) is 4.15. The van der Waals surface area contributed by atoms with Gasteiger partial charge in [0.05, 0.1) is 0 Å². The Labute approximate surface area is 146 Å². The van der Waals surface area contributed by atoms with Crippen molar-refractivity contribution in [3.05, 3.63) is 66.2 Å². The summed E-state index contributed by atoms with van der Waals surface area (Å²) in [5, 5.41) is 11.3. The average molecular weight is 336 g/mol. The highest BCUT2D eigenvalue weighted by Gasteiger charge is 2.08. The first-order chi connectivity index (χ1) is 11.8. The standard InChI is InChI=1S/C19H20N4S/c1-3-14(2)13-24-19-21-18(22-23-19)20-17-12-8-7-11-16(17)15-9-5-4-6-10-15/h3-12H,13H2,1-2H3,(H2,20,21,22,23)/b14-3+. The largest absolute Gasteiger partial charge is 0.324 e. The lowest BCUT2D eigenvalue weighted by Gasteiger charge is -2.09. The summed E-state index contributed by atoms with van der Waals surface area (Å²) >= 11 is 1.62. The van der Waals surface area contributed by atoms with Gasteiger partial charge in [0.25, 0.3) is 0 Å². The van der Waals surface area contributed by atoms with E-state index in [1.165, 1.54) is 11.1 Å². The van der Waals surface area contributed by atoms with Gasteiger partial charge in [0.15, 0.2) is 0 Å². The van der Waals surface area contributed by atoms with Crippen LogP contribution in [0.2, 0.25) is 0 Å². The summed E-state index contributed by atoms with van der Waals surface area (Å²) in [5.74, 6) is 1.55. The van der Waals surface area contributed by atoms with Crippen LogP contribution >= 0.6 is 11.8 Å². The number of H-pyrrole nitrogens is 1. The first-order valence-electron chi connectivity index (χ1n) is 7.84. The number of allylic oxidation sites excluding steroid dienone is 1. The second-order valence-electron chi connectivity index (χ2n) is 5.43. The van der Waals surface area contributed by atoms with Crippen molar-refractivity contribution in [1.29, 1.82) is 0 Å². The molecule has 1 aromatic heterocycles. The van der Waals surface area contributed by atoms with Gasteiger partial charge in [-0.05, 0) is 25.5 Å². The van der Waals surface area contributed by atoms with Crippen LogP contribution in [0.3, 0.4) is 0 Å². The van der Waals surface area contributed by atoms with E-state index in [4.69, 9.17) is 0 Å². The van der Waals surface area contributed by atoms with Crippen LogP contribution in [0.25, 0.3) is 11.1 Å². The number of nitrogens with zero attached hydrogens (tertiary/aromatic N) is 2. The van der Waals surface area contributed by atoms with Gasteiger partial charge < -0.3 is 5.32 Å². The topological polar surface area (TPSA) is 53.6 Å². The molecule has 5 heteroatoms. The molecule has 0 bridgehead atoms. The maximum Gasteiger partial charge on any atom is 0.224 e. The number of rotatable bonds is 6. The summed E-state index contributed by atoms with van der Waals surface area (Å²) in [7, 11) is 0. The molecule has 3 rings (SSSR count). The van der Waals surface area contributed by atoms with Crippen molar-refractivity contribution in [3.8, 4) is 11.1 Å². The molecule has 122 valence electrons. The third-order valence-electron chi connectivity index (χ3n) is 3.65. The van der Waals surface area contributed by atoms with E-state index in [-0.39, 0.29) is 0 Å². The summed E-state index contributed by atoms with van der Waals surface area (Å²) in [4.78, 5) is 4.50. The number of thioether (sulfide) groups is 1. The van der Waals surface area contributed by atoms with Gasteiger partial charge in [-0.2, -0.15) is 4.98 Å². The van der Waals surface area contributed by atoms with Crippen LogP contribution in [0.5, 0.6) is 0 Å². The van der Waals surface area contributed by atoms with Crippen molar-refractivity contribution in [2.75, 3.05) is 11.1 Å². The van der Waals surface area contributed by atoms with Gasteiger partial charge in [-0.15, -0.1) is 5.10 Å². The molecule has 3 aromatic rings. The molecule has 0 radical (unpaired) electrons. The van der Waals surface area contributed by atoms with Crippen molar-refractivity contribution >= 4 is 23.4 Å². The van der Waals surface area contributed by atoms with Crippen LogP contribution in [0.4, 0.5) is 11.6 Å². The van der Waals surface area contributed by atoms with Gasteiger partial charge in [-0.25, -0.2) is 5.10 Å². The summed E-state index contributed by atoms with van der Waals surface area (Å²) in [5.41, 5.74) is 4.61. The molecule has 0 saturated carbocycles. The lowest BCUT2D eigenvalue weighted by molar-refractivity contribution is 0.974. The Bertz CT molecular complexity index is 824. The van der Waals surface area contributed by atoms with E-state index in [9.17, 15) is 0 Å². The van der Waals surface area contributed by atoms with Crippen LogP contribution < -0.4 is 5.32 Å². The van der Waals surface area contributed by atoms with Crippen molar-refractivity contribution < 1.29 is 0 Å². The Morgan fingerprint density at radius 2 is 1.88 bits per heavy atom. The van der Waals surface area contributed by atoms with Gasteiger partial charge >= 0.3 is 0 Å². The molecule has 24 heavy (non-hydrogen) atoms. The van der Waals surface area contributed by atoms with E-state index in [0.717, 1.165) is 22.2 Å². The maximum atomic E-state index is 4.50. The molecular formula is C19H20N4S. The number of nitrogens with one attached hydrogen (secondary N) is 2. The predicted octanol–water partition coefficient (Wildman–Crippen LogP) is 5.27. The van der Waals surface area contributed by atoms with E-state index in [1.54, 1.807) is 11.8 Å². The molecule has 0 amide bonds. The third-order valence-corrected chi connectivity index (χ3v) is 4.69. The Morgan fingerprint density at radius 3 is 2.67 bits per heavy atom. The zero-order valence-corrected chi connectivity index (χ0v) is 14.6. The van der Waals surface area contributed by atoms with Crippen LogP contribution in [0.1, 0.15) is 13.8 Å². The smallest absolute Gasteiger partial charge is 0.224 e. The number of aromatic amines is 1. The number of para-hydroxylation sites is 1. The third kappa shape index (κ3) is 4.06. The fourth-order valence-electron chi connectivity index (χ4n) is 2.22. The lowest BCUT2D eigenvalue weighted by Crippen LogP contribution is -1.95. The van der Waals surface area contributed by atoms with E-state index >= 15 is 0 Å². The van der Waals surface area contributed by atoms with Gasteiger partial charge in [0, 0.05) is 17.0 Å². The Kier molecular flexibility index (Phi) is 5.33. The zero-order valence-electron chi connectivity index (χ0n) is 13.8. The van der Waals surface area contributed by atoms with Gasteiger partial charge in [0.2, 0.25) is 11.1 Å². The molecule has 2 aromatic carbocycles. The molecule has 0 saturated heterocycles. The van der Waals surface area contributed by atoms with E-state index < -0.39 is 0 Å². The molecule has 2 N–H and O–H groups in total. The fraction of sp³-hybridized carbons (Fsp3) is 0.158. The number of hydrogen-bond acceptors (Lipinski definition) is 4. The highest BCUT2D eigenvalue weighted by Crippen LogP contribution is 2.29. The number of hydrogen-bond donors (Lipinski definition) is 2. The monoisotopic (exact) mass is 336 g/mol. The van der Waals surface area contributed by atoms with Crippen molar-refractivity contribution in [3.63, 3.8) is 0 Å². The average Bonchev–Trinajstić information content (AvgIpc) is 3.08. The van der Waals surface area contributed by atoms with E-state index in [1.807, 2.05) is 43.3 Å². The molecular weight excluding hydrogens is 316 g/mol. The normalized spacial score (nSPS) is 11.5. The highest BCUT2D eigenvalue weighted by atomic mass is 32.2. The molecule has 0 atom stereocenters. The van der Waals surface area contributed by atoms with Crippen LogP contribution in [-0.2, 0) is 0 Å². The quantitative estimate of drug-likeness (QED) is 0.475. The van der Waals surface area contributed by atoms with E-state index in [2.05, 4.69) is 51.7 Å². The minimum Gasteiger partial charge on any atom is -0.324 e.